The summed E-state index contributed by atoms with van der Waals surface area (Å²) in [5.41, 5.74) is 0. The number of methoxy groups -OCH3 is 1. The van der Waals surface area contributed by atoms with Gasteiger partial charge in [0.25, 0.3) is 0 Å². The van der Waals surface area contributed by atoms with Crippen LogP contribution in [0.25, 0.3) is 0 Å². The molecule has 0 saturated heterocycles. The lowest BCUT2D eigenvalue weighted by Gasteiger charge is -2.08. The molecule has 0 amide bonds. The third kappa shape index (κ3) is 5.22. The summed E-state index contributed by atoms with van der Waals surface area (Å²) in [6.45, 7) is 2.74. The van der Waals surface area contributed by atoms with Crippen molar-refractivity contribution in [3.63, 3.8) is 0 Å². The second-order valence-corrected chi connectivity index (χ2v) is 5.50. The number of rotatable bonds is 8. The first-order valence-corrected chi connectivity index (χ1v) is 7.35. The molecule has 0 spiro atoms. The lowest BCUT2D eigenvalue weighted by molar-refractivity contribution is 0.379. The van der Waals surface area contributed by atoms with E-state index in [2.05, 4.69) is 30.3 Å². The Bertz CT molecular complexity index is 507. The summed E-state index contributed by atoms with van der Waals surface area (Å²) < 4.78 is 29.6. The lowest BCUT2D eigenvalue weighted by atomic mass is 10.7. The molecule has 1 aromatic rings. The molecule has 10 heteroatoms. The molecule has 108 valence electrons. The van der Waals surface area contributed by atoms with Crippen molar-refractivity contribution in [2.75, 3.05) is 43.6 Å². The van der Waals surface area contributed by atoms with Gasteiger partial charge in [0.15, 0.2) is 0 Å². The van der Waals surface area contributed by atoms with Crippen LogP contribution >= 0.6 is 0 Å². The van der Waals surface area contributed by atoms with Gasteiger partial charge in [0, 0.05) is 13.1 Å². The van der Waals surface area contributed by atoms with Gasteiger partial charge in [-0.1, -0.05) is 0 Å². The van der Waals surface area contributed by atoms with E-state index >= 15 is 0 Å². The Morgan fingerprint density at radius 3 is 2.32 bits per heavy atom. The van der Waals surface area contributed by atoms with Crippen LogP contribution in [0.1, 0.15) is 6.92 Å². The van der Waals surface area contributed by atoms with Crippen molar-refractivity contribution in [1.29, 1.82) is 0 Å². The van der Waals surface area contributed by atoms with Gasteiger partial charge >= 0.3 is 6.01 Å². The second kappa shape index (κ2) is 7.04. The third-order valence-corrected chi connectivity index (χ3v) is 3.46. The smallest absolute Gasteiger partial charge is 0.322 e. The van der Waals surface area contributed by atoms with E-state index in [4.69, 9.17) is 4.74 Å². The van der Waals surface area contributed by atoms with Gasteiger partial charge in [-0.2, -0.15) is 15.0 Å². The molecule has 0 aliphatic heterocycles. The monoisotopic (exact) mass is 290 g/mol. The van der Waals surface area contributed by atoms with Crippen molar-refractivity contribution >= 4 is 21.9 Å². The molecule has 0 saturated carbocycles. The van der Waals surface area contributed by atoms with Gasteiger partial charge in [0.2, 0.25) is 21.9 Å². The van der Waals surface area contributed by atoms with E-state index in [1.54, 1.807) is 0 Å². The molecule has 9 nitrogen and oxygen atoms in total. The van der Waals surface area contributed by atoms with E-state index in [-0.39, 0.29) is 24.3 Å². The van der Waals surface area contributed by atoms with Crippen LogP contribution in [0.3, 0.4) is 0 Å². The summed E-state index contributed by atoms with van der Waals surface area (Å²) in [5, 5.41) is 5.73. The minimum atomic E-state index is -3.26. The predicted molar refractivity (Wildman–Crippen MR) is 71.9 cm³/mol. The minimum absolute atomic E-state index is 0.0754. The first kappa shape index (κ1) is 15.4. The predicted octanol–water partition coefficient (Wildman–Crippen LogP) is -0.727. The van der Waals surface area contributed by atoms with Crippen LogP contribution in [0, 0.1) is 0 Å². The summed E-state index contributed by atoms with van der Waals surface area (Å²) in [7, 11) is -0.446. The van der Waals surface area contributed by atoms with E-state index in [9.17, 15) is 8.42 Å². The highest BCUT2D eigenvalue weighted by molar-refractivity contribution is 7.89. The van der Waals surface area contributed by atoms with Crippen LogP contribution in [0.2, 0.25) is 0 Å². The molecule has 0 aliphatic rings. The maximum Gasteiger partial charge on any atom is 0.322 e. The van der Waals surface area contributed by atoms with E-state index in [1.807, 2.05) is 6.92 Å². The standard InChI is InChI=1S/C9H18N6O3S/c1-4-11-7-13-8(15-9(14-7)18-3)12-5-6-19(16,17)10-2/h10H,4-6H2,1-3H3,(H2,11,12,13,14,15). The number of hydrogen-bond donors (Lipinski definition) is 3. The van der Waals surface area contributed by atoms with Crippen LogP contribution in [-0.4, -0.2) is 56.4 Å². The van der Waals surface area contributed by atoms with Crippen molar-refractivity contribution in [1.82, 2.24) is 19.7 Å². The van der Waals surface area contributed by atoms with Crippen molar-refractivity contribution in [3.8, 4) is 6.01 Å². The number of hydrogen-bond acceptors (Lipinski definition) is 8. The molecular weight excluding hydrogens is 272 g/mol. The molecular formula is C9H18N6O3S. The number of ether oxygens (including phenoxy) is 1. The zero-order chi connectivity index (χ0) is 14.3. The van der Waals surface area contributed by atoms with E-state index in [0.717, 1.165) is 0 Å². The Balaban J connectivity index is 2.69. The Morgan fingerprint density at radius 2 is 1.79 bits per heavy atom. The van der Waals surface area contributed by atoms with Gasteiger partial charge in [-0.25, -0.2) is 13.1 Å². The summed E-state index contributed by atoms with van der Waals surface area (Å²) in [5.74, 6) is 0.552. The lowest BCUT2D eigenvalue weighted by Crippen LogP contribution is -2.26. The van der Waals surface area contributed by atoms with Crippen LogP contribution in [0.5, 0.6) is 6.01 Å². The van der Waals surface area contributed by atoms with Gasteiger partial charge in [-0.15, -0.1) is 0 Å². The van der Waals surface area contributed by atoms with Gasteiger partial charge < -0.3 is 15.4 Å². The molecule has 19 heavy (non-hydrogen) atoms. The van der Waals surface area contributed by atoms with Gasteiger partial charge in [-0.05, 0) is 14.0 Å². The van der Waals surface area contributed by atoms with Crippen LogP contribution in [0.4, 0.5) is 11.9 Å². The molecule has 0 unspecified atom stereocenters. The summed E-state index contributed by atoms with van der Waals surface area (Å²) in [4.78, 5) is 12.0. The number of nitrogens with one attached hydrogen (secondary N) is 3. The number of anilines is 2. The topological polar surface area (TPSA) is 118 Å². The summed E-state index contributed by atoms with van der Waals surface area (Å²) >= 11 is 0. The minimum Gasteiger partial charge on any atom is -0.467 e. The zero-order valence-electron chi connectivity index (χ0n) is 11.1. The fraction of sp³-hybridized carbons (Fsp3) is 0.667. The number of sulfonamides is 1. The van der Waals surface area contributed by atoms with Crippen molar-refractivity contribution < 1.29 is 13.2 Å². The van der Waals surface area contributed by atoms with Crippen LogP contribution in [-0.2, 0) is 10.0 Å². The van der Waals surface area contributed by atoms with Crippen molar-refractivity contribution in [3.05, 3.63) is 0 Å². The third-order valence-electron chi connectivity index (χ3n) is 2.10. The molecule has 0 atom stereocenters. The Morgan fingerprint density at radius 1 is 1.16 bits per heavy atom. The quantitative estimate of drug-likeness (QED) is 0.573. The Kier molecular flexibility index (Phi) is 5.70. The van der Waals surface area contributed by atoms with Gasteiger partial charge in [0.1, 0.15) is 0 Å². The largest absolute Gasteiger partial charge is 0.467 e. The van der Waals surface area contributed by atoms with E-state index in [0.29, 0.717) is 12.5 Å². The highest BCUT2D eigenvalue weighted by Gasteiger charge is 2.09. The zero-order valence-corrected chi connectivity index (χ0v) is 11.9. The van der Waals surface area contributed by atoms with Crippen LogP contribution in [0.15, 0.2) is 0 Å². The highest BCUT2D eigenvalue weighted by atomic mass is 32.2. The highest BCUT2D eigenvalue weighted by Crippen LogP contribution is 2.10. The van der Waals surface area contributed by atoms with E-state index in [1.165, 1.54) is 14.2 Å². The molecule has 1 rings (SSSR count). The average Bonchev–Trinajstić information content (AvgIpc) is 2.38. The van der Waals surface area contributed by atoms with Crippen molar-refractivity contribution in [2.45, 2.75) is 6.92 Å². The van der Waals surface area contributed by atoms with Crippen molar-refractivity contribution in [2.24, 2.45) is 0 Å². The fourth-order valence-corrected chi connectivity index (χ4v) is 1.74. The molecule has 0 fully saturated rings. The molecule has 0 aromatic carbocycles. The van der Waals surface area contributed by atoms with Gasteiger partial charge in [0.05, 0.1) is 12.9 Å². The molecule has 0 radical (unpaired) electrons. The molecule has 3 N–H and O–H groups in total. The van der Waals surface area contributed by atoms with Gasteiger partial charge in [-0.3, -0.25) is 0 Å². The normalized spacial score (nSPS) is 11.1. The first-order valence-electron chi connectivity index (χ1n) is 5.69. The maximum atomic E-state index is 11.2. The SMILES string of the molecule is CCNc1nc(NCCS(=O)(=O)NC)nc(OC)n1. The number of aromatic nitrogens is 3. The molecule has 0 aliphatic carbocycles. The number of nitrogens with zero attached hydrogens (tertiary/aromatic N) is 3. The fourth-order valence-electron chi connectivity index (χ4n) is 1.16. The molecule has 1 heterocycles. The Hall–Kier alpha value is -1.68. The second-order valence-electron chi connectivity index (χ2n) is 3.45. The molecule has 1 aromatic heterocycles. The Labute approximate surface area is 112 Å². The summed E-state index contributed by atoms with van der Waals surface area (Å²) in [6, 6.07) is 0.157. The summed E-state index contributed by atoms with van der Waals surface area (Å²) in [6.07, 6.45) is 0. The average molecular weight is 290 g/mol. The van der Waals surface area contributed by atoms with E-state index < -0.39 is 10.0 Å². The molecule has 0 bridgehead atoms. The first-order chi connectivity index (χ1) is 9.00. The maximum absolute atomic E-state index is 11.2. The van der Waals surface area contributed by atoms with Crippen LogP contribution < -0.4 is 20.1 Å².